The van der Waals surface area contributed by atoms with E-state index >= 15 is 0 Å². The molecule has 0 amide bonds. The van der Waals surface area contributed by atoms with Gasteiger partial charge in [0.25, 0.3) is 0 Å². The van der Waals surface area contributed by atoms with E-state index in [0.29, 0.717) is 5.02 Å². The van der Waals surface area contributed by atoms with Crippen molar-refractivity contribution < 1.29 is 8.42 Å². The second-order valence-electron chi connectivity index (χ2n) is 6.27. The predicted octanol–water partition coefficient (Wildman–Crippen LogP) is 2.99. The summed E-state index contributed by atoms with van der Waals surface area (Å²) >= 11 is 5.90. The molecule has 1 atom stereocenters. The minimum absolute atomic E-state index is 0.0785. The zero-order chi connectivity index (χ0) is 18.6. The fourth-order valence-corrected chi connectivity index (χ4v) is 3.84. The molecule has 0 aliphatic rings. The molecular weight excluding hydrogens is 358 g/mol. The summed E-state index contributed by atoms with van der Waals surface area (Å²) in [6, 6.07) is 14.3. The number of benzene rings is 2. The monoisotopic (exact) mass is 381 g/mol. The maximum absolute atomic E-state index is 12.5. The van der Waals surface area contributed by atoms with Crippen LogP contribution in [0.4, 0.5) is 5.69 Å². The van der Waals surface area contributed by atoms with Crippen LogP contribution < -0.4 is 9.62 Å². The highest BCUT2D eigenvalue weighted by Crippen LogP contribution is 2.22. The molecule has 0 bridgehead atoms. The van der Waals surface area contributed by atoms with Gasteiger partial charge in [0.2, 0.25) is 10.0 Å². The number of sulfonamides is 1. The fourth-order valence-electron chi connectivity index (χ4n) is 2.50. The van der Waals surface area contributed by atoms with Crippen LogP contribution in [-0.4, -0.2) is 48.1 Å². The Morgan fingerprint density at radius 3 is 2.20 bits per heavy atom. The van der Waals surface area contributed by atoms with Gasteiger partial charge in [0.15, 0.2) is 0 Å². The van der Waals surface area contributed by atoms with Gasteiger partial charge in [-0.1, -0.05) is 29.8 Å². The van der Waals surface area contributed by atoms with Crippen molar-refractivity contribution in [3.05, 3.63) is 59.1 Å². The normalized spacial score (nSPS) is 13.0. The number of hydrogen-bond acceptors (Lipinski definition) is 4. The number of rotatable bonds is 7. The third-order valence-corrected chi connectivity index (χ3v) is 5.65. The summed E-state index contributed by atoms with van der Waals surface area (Å²) in [6.07, 6.45) is 0. The van der Waals surface area contributed by atoms with E-state index in [1.54, 1.807) is 12.1 Å². The molecule has 1 N–H and O–H groups in total. The minimum atomic E-state index is -3.61. The van der Waals surface area contributed by atoms with Crippen molar-refractivity contribution in [1.82, 2.24) is 9.62 Å². The second-order valence-corrected chi connectivity index (χ2v) is 8.48. The second kappa shape index (κ2) is 8.19. The Kier molecular flexibility index (Phi) is 6.46. The molecule has 2 aromatic carbocycles. The van der Waals surface area contributed by atoms with Gasteiger partial charge < -0.3 is 9.80 Å². The van der Waals surface area contributed by atoms with Gasteiger partial charge in [-0.05, 0) is 50.0 Å². The Morgan fingerprint density at radius 1 is 1.04 bits per heavy atom. The predicted molar refractivity (Wildman–Crippen MR) is 104 cm³/mol. The van der Waals surface area contributed by atoms with Crippen LogP contribution in [0.2, 0.25) is 5.02 Å². The van der Waals surface area contributed by atoms with Gasteiger partial charge in [-0.15, -0.1) is 0 Å². The highest BCUT2D eigenvalue weighted by atomic mass is 35.5. The number of nitrogens with one attached hydrogen (secondary N) is 1. The SMILES string of the molecule is CN(C)c1ccc([C@H](CNS(=O)(=O)c2cccc(Cl)c2)N(C)C)cc1. The molecule has 0 radical (unpaired) electrons. The maximum Gasteiger partial charge on any atom is 0.240 e. The molecule has 0 saturated heterocycles. The van der Waals surface area contributed by atoms with Gasteiger partial charge in [-0.25, -0.2) is 13.1 Å². The van der Waals surface area contributed by atoms with Crippen LogP contribution in [0.25, 0.3) is 0 Å². The molecule has 0 aliphatic heterocycles. The van der Waals surface area contributed by atoms with Crippen molar-refractivity contribution in [2.45, 2.75) is 10.9 Å². The fraction of sp³-hybridized carbons (Fsp3) is 0.333. The van der Waals surface area contributed by atoms with Crippen LogP contribution in [0.1, 0.15) is 11.6 Å². The van der Waals surface area contributed by atoms with Gasteiger partial charge >= 0.3 is 0 Å². The number of anilines is 1. The zero-order valence-corrected chi connectivity index (χ0v) is 16.5. The van der Waals surface area contributed by atoms with E-state index in [1.165, 1.54) is 12.1 Å². The molecule has 0 aliphatic carbocycles. The van der Waals surface area contributed by atoms with Crippen molar-refractivity contribution in [1.29, 1.82) is 0 Å². The van der Waals surface area contributed by atoms with E-state index in [0.717, 1.165) is 11.3 Å². The molecule has 0 spiro atoms. The van der Waals surface area contributed by atoms with E-state index in [4.69, 9.17) is 11.6 Å². The van der Waals surface area contributed by atoms with Crippen LogP contribution in [-0.2, 0) is 10.0 Å². The van der Waals surface area contributed by atoms with Crippen molar-refractivity contribution in [2.75, 3.05) is 39.6 Å². The molecule has 0 aromatic heterocycles. The number of halogens is 1. The van der Waals surface area contributed by atoms with Crippen LogP contribution in [0.5, 0.6) is 0 Å². The Hall–Kier alpha value is -1.60. The summed E-state index contributed by atoms with van der Waals surface area (Å²) in [6.45, 7) is 0.267. The molecule has 25 heavy (non-hydrogen) atoms. The molecule has 7 heteroatoms. The third kappa shape index (κ3) is 5.19. The van der Waals surface area contributed by atoms with Crippen molar-refractivity contribution in [2.24, 2.45) is 0 Å². The van der Waals surface area contributed by atoms with Gasteiger partial charge in [0.1, 0.15) is 0 Å². The average molecular weight is 382 g/mol. The highest BCUT2D eigenvalue weighted by Gasteiger charge is 2.20. The third-order valence-electron chi connectivity index (χ3n) is 3.99. The number of likely N-dealkylation sites (N-methyl/N-ethyl adjacent to an activating group) is 1. The Morgan fingerprint density at radius 2 is 1.68 bits per heavy atom. The Bertz CT molecular complexity index is 805. The van der Waals surface area contributed by atoms with E-state index in [1.807, 2.05) is 62.3 Å². The quantitative estimate of drug-likeness (QED) is 0.801. The van der Waals surface area contributed by atoms with Gasteiger partial charge in [0, 0.05) is 37.4 Å². The van der Waals surface area contributed by atoms with Crippen LogP contribution in [0.3, 0.4) is 0 Å². The number of hydrogen-bond donors (Lipinski definition) is 1. The van der Waals surface area contributed by atoms with Gasteiger partial charge in [-0.3, -0.25) is 0 Å². The molecular formula is C18H24ClN3O2S. The Labute approximate surface area is 155 Å². The van der Waals surface area contributed by atoms with Gasteiger partial charge in [0.05, 0.1) is 4.90 Å². The van der Waals surface area contributed by atoms with E-state index in [-0.39, 0.29) is 17.5 Å². The first-order valence-corrected chi connectivity index (χ1v) is 9.76. The standard InChI is InChI=1S/C18H24ClN3O2S/c1-21(2)16-10-8-14(9-11-16)18(22(3)4)13-20-25(23,24)17-7-5-6-15(19)12-17/h5-12,18,20H,13H2,1-4H3/t18-/m0/s1. The highest BCUT2D eigenvalue weighted by molar-refractivity contribution is 7.89. The summed E-state index contributed by atoms with van der Waals surface area (Å²) in [5.41, 5.74) is 2.14. The molecule has 5 nitrogen and oxygen atoms in total. The molecule has 0 saturated carbocycles. The molecule has 2 aromatic rings. The van der Waals surface area contributed by atoms with Crippen molar-refractivity contribution in [3.8, 4) is 0 Å². The minimum Gasteiger partial charge on any atom is -0.378 e. The first kappa shape index (κ1) is 19.7. The lowest BCUT2D eigenvalue weighted by atomic mass is 10.1. The summed E-state index contributed by atoms with van der Waals surface area (Å²) in [4.78, 5) is 4.18. The van der Waals surface area contributed by atoms with E-state index < -0.39 is 10.0 Å². The largest absolute Gasteiger partial charge is 0.378 e. The molecule has 2 rings (SSSR count). The van der Waals surface area contributed by atoms with Crippen LogP contribution in [0.15, 0.2) is 53.4 Å². The zero-order valence-electron chi connectivity index (χ0n) is 14.9. The molecule has 0 heterocycles. The van der Waals surface area contributed by atoms with Crippen molar-refractivity contribution in [3.63, 3.8) is 0 Å². The van der Waals surface area contributed by atoms with Gasteiger partial charge in [-0.2, -0.15) is 0 Å². The first-order chi connectivity index (χ1) is 11.7. The number of nitrogens with zero attached hydrogens (tertiary/aromatic N) is 2. The molecule has 0 unspecified atom stereocenters. The summed E-state index contributed by atoms with van der Waals surface area (Å²) in [5, 5.41) is 0.395. The smallest absolute Gasteiger partial charge is 0.240 e. The lowest BCUT2D eigenvalue weighted by Crippen LogP contribution is -2.34. The molecule has 136 valence electrons. The lowest BCUT2D eigenvalue weighted by molar-refractivity contribution is 0.299. The van der Waals surface area contributed by atoms with Crippen LogP contribution >= 0.6 is 11.6 Å². The lowest BCUT2D eigenvalue weighted by Gasteiger charge is -2.25. The molecule has 0 fully saturated rings. The van der Waals surface area contributed by atoms with Crippen molar-refractivity contribution >= 4 is 27.3 Å². The van der Waals surface area contributed by atoms with Crippen LogP contribution in [0, 0.1) is 0 Å². The summed E-state index contributed by atoms with van der Waals surface area (Å²) in [5.74, 6) is 0. The topological polar surface area (TPSA) is 52.7 Å². The Balaban J connectivity index is 2.17. The first-order valence-electron chi connectivity index (χ1n) is 7.89. The maximum atomic E-state index is 12.5. The summed E-state index contributed by atoms with van der Waals surface area (Å²) < 4.78 is 27.7. The van der Waals surface area contributed by atoms with E-state index in [2.05, 4.69) is 4.72 Å². The van der Waals surface area contributed by atoms with E-state index in [9.17, 15) is 8.42 Å². The average Bonchev–Trinajstić information content (AvgIpc) is 2.55. The summed E-state index contributed by atoms with van der Waals surface area (Å²) in [7, 11) is 4.21.